The first-order valence-corrected chi connectivity index (χ1v) is 10.0. The summed E-state index contributed by atoms with van der Waals surface area (Å²) in [7, 11) is 0. The SMILES string of the molecule is CCNC(=NCc1cccs1)NCCN1CCN(c2ncccn2)CC1.I. The highest BCUT2D eigenvalue weighted by atomic mass is 127. The van der Waals surface area contributed by atoms with E-state index in [2.05, 4.69) is 59.8 Å². The summed E-state index contributed by atoms with van der Waals surface area (Å²) in [6.07, 6.45) is 3.60. The third-order valence-corrected chi connectivity index (χ3v) is 5.11. The average molecular weight is 501 g/mol. The summed E-state index contributed by atoms with van der Waals surface area (Å²) in [5, 5.41) is 8.84. The van der Waals surface area contributed by atoms with Crippen LogP contribution in [0.4, 0.5) is 5.95 Å². The molecule has 0 atom stereocenters. The Morgan fingerprint density at radius 2 is 1.93 bits per heavy atom. The van der Waals surface area contributed by atoms with Crippen LogP contribution in [0.1, 0.15) is 11.8 Å². The van der Waals surface area contributed by atoms with Crippen molar-refractivity contribution < 1.29 is 0 Å². The normalized spacial score (nSPS) is 15.3. The molecule has 0 saturated carbocycles. The van der Waals surface area contributed by atoms with Gasteiger partial charge < -0.3 is 15.5 Å². The molecule has 1 fully saturated rings. The van der Waals surface area contributed by atoms with Gasteiger partial charge in [-0.15, -0.1) is 35.3 Å². The van der Waals surface area contributed by atoms with Crippen molar-refractivity contribution in [2.24, 2.45) is 4.99 Å². The largest absolute Gasteiger partial charge is 0.357 e. The second kappa shape index (κ2) is 12.1. The highest BCUT2D eigenvalue weighted by Gasteiger charge is 2.18. The lowest BCUT2D eigenvalue weighted by atomic mass is 10.3. The molecule has 0 radical (unpaired) electrons. The fourth-order valence-electron chi connectivity index (χ4n) is 2.86. The first-order valence-electron chi connectivity index (χ1n) is 9.14. The molecule has 0 spiro atoms. The summed E-state index contributed by atoms with van der Waals surface area (Å²) in [5.74, 6) is 1.72. The Hall–Kier alpha value is -1.46. The van der Waals surface area contributed by atoms with Crippen LogP contribution in [-0.2, 0) is 6.54 Å². The van der Waals surface area contributed by atoms with Gasteiger partial charge >= 0.3 is 0 Å². The number of halogens is 1. The van der Waals surface area contributed by atoms with Gasteiger partial charge in [-0.2, -0.15) is 0 Å². The van der Waals surface area contributed by atoms with E-state index in [-0.39, 0.29) is 24.0 Å². The van der Waals surface area contributed by atoms with Gasteiger partial charge in [0.15, 0.2) is 5.96 Å². The zero-order valence-corrected chi connectivity index (χ0v) is 18.8. The van der Waals surface area contributed by atoms with Crippen molar-refractivity contribution in [1.29, 1.82) is 0 Å². The molecule has 0 unspecified atom stereocenters. The monoisotopic (exact) mass is 501 g/mol. The van der Waals surface area contributed by atoms with Crippen LogP contribution in [0.3, 0.4) is 0 Å². The van der Waals surface area contributed by atoms with E-state index in [1.807, 2.05) is 6.07 Å². The third-order valence-electron chi connectivity index (χ3n) is 4.25. The van der Waals surface area contributed by atoms with Crippen molar-refractivity contribution in [3.05, 3.63) is 40.8 Å². The average Bonchev–Trinajstić information content (AvgIpc) is 3.21. The number of hydrogen-bond acceptors (Lipinski definition) is 6. The number of rotatable bonds is 7. The van der Waals surface area contributed by atoms with Gasteiger partial charge in [-0.3, -0.25) is 4.90 Å². The summed E-state index contributed by atoms with van der Waals surface area (Å²) in [4.78, 5) is 19.3. The molecule has 2 N–H and O–H groups in total. The molecule has 2 aromatic heterocycles. The van der Waals surface area contributed by atoms with E-state index in [0.29, 0.717) is 0 Å². The van der Waals surface area contributed by atoms with Crippen LogP contribution < -0.4 is 15.5 Å². The lowest BCUT2D eigenvalue weighted by molar-refractivity contribution is 0.260. The molecule has 0 bridgehead atoms. The van der Waals surface area contributed by atoms with E-state index in [9.17, 15) is 0 Å². The van der Waals surface area contributed by atoms with E-state index >= 15 is 0 Å². The first-order chi connectivity index (χ1) is 12.8. The minimum absolute atomic E-state index is 0. The number of thiophene rings is 1. The molecule has 1 saturated heterocycles. The lowest BCUT2D eigenvalue weighted by Crippen LogP contribution is -2.49. The summed E-state index contributed by atoms with van der Waals surface area (Å²) in [6.45, 7) is 9.58. The van der Waals surface area contributed by atoms with Crippen LogP contribution in [0.2, 0.25) is 0 Å². The zero-order valence-electron chi connectivity index (χ0n) is 15.7. The van der Waals surface area contributed by atoms with E-state index in [1.54, 1.807) is 23.7 Å². The maximum atomic E-state index is 4.65. The third kappa shape index (κ3) is 7.23. The minimum atomic E-state index is 0. The van der Waals surface area contributed by atoms with Gasteiger partial charge in [-0.25, -0.2) is 15.0 Å². The topological polar surface area (TPSA) is 68.7 Å². The van der Waals surface area contributed by atoms with Crippen molar-refractivity contribution >= 4 is 47.2 Å². The van der Waals surface area contributed by atoms with Gasteiger partial charge in [0.05, 0.1) is 6.54 Å². The molecule has 9 heteroatoms. The Labute approximate surface area is 182 Å². The zero-order chi connectivity index (χ0) is 18.0. The summed E-state index contributed by atoms with van der Waals surface area (Å²) in [6, 6.07) is 6.04. The molecule has 0 aromatic carbocycles. The van der Waals surface area contributed by atoms with Crippen LogP contribution in [-0.4, -0.2) is 66.6 Å². The highest BCUT2D eigenvalue weighted by molar-refractivity contribution is 14.0. The Morgan fingerprint density at radius 1 is 1.15 bits per heavy atom. The van der Waals surface area contributed by atoms with Gasteiger partial charge in [-0.1, -0.05) is 6.07 Å². The molecule has 3 heterocycles. The standard InChI is InChI=1S/C18H27N7S.HI/c1-2-19-17(23-15-16-5-3-14-26-16)20-8-9-24-10-12-25(13-11-24)18-21-6-4-7-22-18;/h3-7,14H,2,8-13,15H2,1H3,(H2,19,20,23);1H. The molecule has 1 aliphatic rings. The fourth-order valence-corrected chi connectivity index (χ4v) is 3.49. The first kappa shape index (κ1) is 21.8. The number of nitrogens with one attached hydrogen (secondary N) is 2. The van der Waals surface area contributed by atoms with Crippen LogP contribution >= 0.6 is 35.3 Å². The van der Waals surface area contributed by atoms with Crippen LogP contribution in [0.15, 0.2) is 41.0 Å². The van der Waals surface area contributed by atoms with E-state index in [0.717, 1.165) is 64.3 Å². The molecular formula is C18H28IN7S. The molecule has 3 rings (SSSR count). The summed E-state index contributed by atoms with van der Waals surface area (Å²) < 4.78 is 0. The van der Waals surface area contributed by atoms with Crippen molar-refractivity contribution in [2.45, 2.75) is 13.5 Å². The number of piperazine rings is 1. The van der Waals surface area contributed by atoms with E-state index in [1.165, 1.54) is 4.88 Å². The number of aromatic nitrogens is 2. The minimum Gasteiger partial charge on any atom is -0.357 e. The molecular weight excluding hydrogens is 473 g/mol. The van der Waals surface area contributed by atoms with Gasteiger partial charge in [0.25, 0.3) is 0 Å². The molecule has 7 nitrogen and oxygen atoms in total. The van der Waals surface area contributed by atoms with Gasteiger partial charge in [-0.05, 0) is 24.4 Å². The Morgan fingerprint density at radius 3 is 2.59 bits per heavy atom. The number of hydrogen-bond donors (Lipinski definition) is 2. The van der Waals surface area contributed by atoms with Crippen molar-refractivity contribution in [1.82, 2.24) is 25.5 Å². The number of anilines is 1. The van der Waals surface area contributed by atoms with Gasteiger partial charge in [0.2, 0.25) is 5.95 Å². The predicted molar refractivity (Wildman–Crippen MR) is 123 cm³/mol. The Bertz CT molecular complexity index is 658. The highest BCUT2D eigenvalue weighted by Crippen LogP contribution is 2.10. The van der Waals surface area contributed by atoms with Gasteiger partial charge in [0, 0.05) is 63.1 Å². The maximum Gasteiger partial charge on any atom is 0.225 e. The quantitative estimate of drug-likeness (QED) is 0.344. The second-order valence-electron chi connectivity index (χ2n) is 6.08. The van der Waals surface area contributed by atoms with Crippen LogP contribution in [0, 0.1) is 0 Å². The predicted octanol–water partition coefficient (Wildman–Crippen LogP) is 2.03. The van der Waals surface area contributed by atoms with Gasteiger partial charge in [0.1, 0.15) is 0 Å². The molecule has 2 aromatic rings. The second-order valence-corrected chi connectivity index (χ2v) is 7.11. The molecule has 148 valence electrons. The van der Waals surface area contributed by atoms with E-state index < -0.39 is 0 Å². The summed E-state index contributed by atoms with van der Waals surface area (Å²) in [5.41, 5.74) is 0. The maximum absolute atomic E-state index is 4.65. The number of guanidine groups is 1. The van der Waals surface area contributed by atoms with Crippen molar-refractivity contribution in [3.63, 3.8) is 0 Å². The molecule has 1 aliphatic heterocycles. The van der Waals surface area contributed by atoms with E-state index in [4.69, 9.17) is 0 Å². The van der Waals surface area contributed by atoms with Crippen LogP contribution in [0.25, 0.3) is 0 Å². The van der Waals surface area contributed by atoms with Crippen molar-refractivity contribution in [3.8, 4) is 0 Å². The Balaban J connectivity index is 0.00000261. The lowest BCUT2D eigenvalue weighted by Gasteiger charge is -2.34. The Kier molecular flexibility index (Phi) is 9.78. The molecule has 0 amide bonds. The summed E-state index contributed by atoms with van der Waals surface area (Å²) >= 11 is 1.74. The molecule has 27 heavy (non-hydrogen) atoms. The van der Waals surface area contributed by atoms with Crippen LogP contribution in [0.5, 0.6) is 0 Å². The number of aliphatic imine (C=N–C) groups is 1. The fraction of sp³-hybridized carbons (Fsp3) is 0.500. The van der Waals surface area contributed by atoms with Crippen molar-refractivity contribution in [2.75, 3.05) is 50.7 Å². The molecule has 0 aliphatic carbocycles. The number of nitrogens with zero attached hydrogens (tertiary/aromatic N) is 5. The smallest absolute Gasteiger partial charge is 0.225 e.